The van der Waals surface area contributed by atoms with Gasteiger partial charge in [-0.1, -0.05) is 25.1 Å². The van der Waals surface area contributed by atoms with Crippen molar-refractivity contribution in [1.29, 1.82) is 0 Å². The first-order valence-electron chi connectivity index (χ1n) is 4.60. The standard InChI is InChI=1S/C11H16NO/c1-2-8-12-9-10-13-11-6-4-3-5-7-11/h2-7,12H,8-10H2,1H3. The van der Waals surface area contributed by atoms with Crippen LogP contribution in [0.15, 0.2) is 30.3 Å². The van der Waals surface area contributed by atoms with Crippen LogP contribution in [-0.4, -0.2) is 19.7 Å². The zero-order valence-corrected chi connectivity index (χ0v) is 7.99. The molecular weight excluding hydrogens is 162 g/mol. The first-order valence-corrected chi connectivity index (χ1v) is 4.60. The average Bonchev–Trinajstić information content (AvgIpc) is 2.19. The molecule has 0 saturated heterocycles. The number of para-hydroxylation sites is 1. The van der Waals surface area contributed by atoms with Crippen molar-refractivity contribution in [3.63, 3.8) is 0 Å². The second kappa shape index (κ2) is 6.49. The van der Waals surface area contributed by atoms with Gasteiger partial charge in [0.25, 0.3) is 0 Å². The van der Waals surface area contributed by atoms with Crippen molar-refractivity contribution in [3.05, 3.63) is 36.8 Å². The van der Waals surface area contributed by atoms with Crippen LogP contribution in [0.3, 0.4) is 0 Å². The Kier molecular flexibility index (Phi) is 5.02. The number of nitrogens with one attached hydrogen (secondary N) is 1. The molecule has 0 bridgehead atoms. The molecule has 2 heteroatoms. The minimum atomic E-state index is 0.720. The molecule has 0 saturated carbocycles. The summed E-state index contributed by atoms with van der Waals surface area (Å²) in [4.78, 5) is 0. The van der Waals surface area contributed by atoms with E-state index in [2.05, 4.69) is 11.7 Å². The highest BCUT2D eigenvalue weighted by Crippen LogP contribution is 2.07. The molecule has 0 unspecified atom stereocenters. The van der Waals surface area contributed by atoms with Gasteiger partial charge in [0, 0.05) is 6.54 Å². The van der Waals surface area contributed by atoms with Crippen molar-refractivity contribution in [2.45, 2.75) is 6.92 Å². The van der Waals surface area contributed by atoms with E-state index in [1.807, 2.05) is 37.3 Å². The van der Waals surface area contributed by atoms with Gasteiger partial charge < -0.3 is 10.1 Å². The third-order valence-corrected chi connectivity index (χ3v) is 1.64. The second-order valence-electron chi connectivity index (χ2n) is 2.77. The van der Waals surface area contributed by atoms with Crippen molar-refractivity contribution >= 4 is 0 Å². The van der Waals surface area contributed by atoms with Gasteiger partial charge in [0.2, 0.25) is 0 Å². The maximum absolute atomic E-state index is 5.48. The van der Waals surface area contributed by atoms with Gasteiger partial charge in [-0.05, 0) is 25.1 Å². The summed E-state index contributed by atoms with van der Waals surface area (Å²) in [6.45, 7) is 4.58. The molecule has 1 radical (unpaired) electrons. The maximum Gasteiger partial charge on any atom is 0.119 e. The van der Waals surface area contributed by atoms with E-state index in [1.54, 1.807) is 0 Å². The Hall–Kier alpha value is -1.02. The summed E-state index contributed by atoms with van der Waals surface area (Å²) in [5.74, 6) is 0.935. The molecule has 0 aliphatic carbocycles. The molecule has 0 amide bonds. The van der Waals surface area contributed by atoms with E-state index in [0.29, 0.717) is 0 Å². The molecule has 1 rings (SSSR count). The molecule has 2 nitrogen and oxygen atoms in total. The van der Waals surface area contributed by atoms with Gasteiger partial charge in [0.15, 0.2) is 0 Å². The van der Waals surface area contributed by atoms with Crippen molar-refractivity contribution < 1.29 is 4.74 Å². The molecule has 0 fully saturated rings. The normalized spacial score (nSPS) is 9.92. The van der Waals surface area contributed by atoms with Crippen LogP contribution in [0.5, 0.6) is 5.75 Å². The van der Waals surface area contributed by atoms with Crippen LogP contribution < -0.4 is 10.1 Å². The summed E-state index contributed by atoms with van der Waals surface area (Å²) >= 11 is 0. The van der Waals surface area contributed by atoms with Gasteiger partial charge in [-0.25, -0.2) is 0 Å². The number of hydrogen-bond acceptors (Lipinski definition) is 2. The lowest BCUT2D eigenvalue weighted by molar-refractivity contribution is 0.316. The fraction of sp³-hybridized carbons (Fsp3) is 0.364. The van der Waals surface area contributed by atoms with Crippen LogP contribution >= 0.6 is 0 Å². The first-order chi connectivity index (χ1) is 6.43. The third kappa shape index (κ3) is 4.53. The highest BCUT2D eigenvalue weighted by Gasteiger charge is 1.89. The van der Waals surface area contributed by atoms with E-state index in [4.69, 9.17) is 4.74 Å². The minimum Gasteiger partial charge on any atom is -0.492 e. The van der Waals surface area contributed by atoms with Gasteiger partial charge in [-0.3, -0.25) is 0 Å². The van der Waals surface area contributed by atoms with Gasteiger partial charge in [0.1, 0.15) is 12.4 Å². The molecule has 0 heterocycles. The highest BCUT2D eigenvalue weighted by molar-refractivity contribution is 5.20. The summed E-state index contributed by atoms with van der Waals surface area (Å²) in [5, 5.41) is 3.22. The highest BCUT2D eigenvalue weighted by atomic mass is 16.5. The summed E-state index contributed by atoms with van der Waals surface area (Å²) in [5.41, 5.74) is 0. The molecular formula is C11H16NO. The van der Waals surface area contributed by atoms with E-state index in [0.717, 1.165) is 25.4 Å². The van der Waals surface area contributed by atoms with E-state index in [1.165, 1.54) is 0 Å². The van der Waals surface area contributed by atoms with E-state index in [9.17, 15) is 0 Å². The van der Waals surface area contributed by atoms with Gasteiger partial charge in [-0.2, -0.15) is 0 Å². The quantitative estimate of drug-likeness (QED) is 0.671. The van der Waals surface area contributed by atoms with Crippen LogP contribution in [0, 0.1) is 6.42 Å². The van der Waals surface area contributed by atoms with Crippen molar-refractivity contribution in [3.8, 4) is 5.75 Å². The van der Waals surface area contributed by atoms with Gasteiger partial charge in [-0.15, -0.1) is 0 Å². The predicted molar refractivity (Wildman–Crippen MR) is 54.8 cm³/mol. The summed E-state index contributed by atoms with van der Waals surface area (Å²) in [6.07, 6.45) is 2.09. The van der Waals surface area contributed by atoms with Crippen LogP contribution in [0.1, 0.15) is 6.92 Å². The molecule has 1 aromatic rings. The Morgan fingerprint density at radius 2 is 2.08 bits per heavy atom. The Bertz CT molecular complexity index is 211. The molecule has 1 aromatic carbocycles. The van der Waals surface area contributed by atoms with Crippen LogP contribution in [0.2, 0.25) is 0 Å². The van der Waals surface area contributed by atoms with Crippen molar-refractivity contribution in [1.82, 2.24) is 5.32 Å². The van der Waals surface area contributed by atoms with Gasteiger partial charge in [0.05, 0.1) is 0 Å². The van der Waals surface area contributed by atoms with Gasteiger partial charge >= 0.3 is 0 Å². The molecule has 0 aliphatic rings. The van der Waals surface area contributed by atoms with Crippen molar-refractivity contribution in [2.24, 2.45) is 0 Å². The fourth-order valence-corrected chi connectivity index (χ4v) is 1.00. The fourth-order valence-electron chi connectivity index (χ4n) is 1.00. The first kappa shape index (κ1) is 10.1. The lowest BCUT2D eigenvalue weighted by Gasteiger charge is -2.05. The van der Waals surface area contributed by atoms with E-state index < -0.39 is 0 Å². The Labute approximate surface area is 79.9 Å². The number of ether oxygens (including phenoxy) is 1. The topological polar surface area (TPSA) is 21.3 Å². The Morgan fingerprint density at radius 3 is 2.77 bits per heavy atom. The molecule has 0 aliphatic heterocycles. The smallest absolute Gasteiger partial charge is 0.119 e. The number of hydrogen-bond donors (Lipinski definition) is 1. The number of rotatable bonds is 6. The van der Waals surface area contributed by atoms with E-state index in [-0.39, 0.29) is 0 Å². The molecule has 13 heavy (non-hydrogen) atoms. The summed E-state index contributed by atoms with van der Waals surface area (Å²) < 4.78 is 5.48. The maximum atomic E-state index is 5.48. The zero-order valence-electron chi connectivity index (χ0n) is 7.99. The Balaban J connectivity index is 2.07. The van der Waals surface area contributed by atoms with Crippen LogP contribution in [0.25, 0.3) is 0 Å². The molecule has 71 valence electrons. The molecule has 0 spiro atoms. The monoisotopic (exact) mass is 178 g/mol. The molecule has 0 atom stereocenters. The lowest BCUT2D eigenvalue weighted by Crippen LogP contribution is -2.21. The molecule has 1 N–H and O–H groups in total. The minimum absolute atomic E-state index is 0.720. The second-order valence-corrected chi connectivity index (χ2v) is 2.77. The summed E-state index contributed by atoms with van der Waals surface area (Å²) in [7, 11) is 0. The SMILES string of the molecule is C[CH]CNCCOc1ccccc1. The van der Waals surface area contributed by atoms with E-state index >= 15 is 0 Å². The predicted octanol–water partition coefficient (Wildman–Crippen LogP) is 1.88. The third-order valence-electron chi connectivity index (χ3n) is 1.64. The molecule has 0 aromatic heterocycles. The Morgan fingerprint density at radius 1 is 1.31 bits per heavy atom. The van der Waals surface area contributed by atoms with Crippen molar-refractivity contribution in [2.75, 3.05) is 19.7 Å². The average molecular weight is 178 g/mol. The largest absolute Gasteiger partial charge is 0.492 e. The summed E-state index contributed by atoms with van der Waals surface area (Å²) in [6, 6.07) is 9.86. The van der Waals surface area contributed by atoms with Crippen LogP contribution in [-0.2, 0) is 0 Å². The number of benzene rings is 1. The zero-order chi connectivity index (χ0) is 9.36. The van der Waals surface area contributed by atoms with Crippen LogP contribution in [0.4, 0.5) is 0 Å². The lowest BCUT2D eigenvalue weighted by atomic mass is 10.3.